The minimum atomic E-state index is -2.97. The van der Waals surface area contributed by atoms with Gasteiger partial charge < -0.3 is 24.3 Å². The molecule has 36 heavy (non-hydrogen) atoms. The summed E-state index contributed by atoms with van der Waals surface area (Å²) in [7, 11) is 4.58. The number of hydrogen-bond donors (Lipinski definition) is 1. The van der Waals surface area contributed by atoms with Crippen LogP contribution in [0.15, 0.2) is 30.3 Å². The molecule has 1 amide bonds. The molecule has 2 aromatic rings. The van der Waals surface area contributed by atoms with Crippen LogP contribution in [0.4, 0.5) is 14.5 Å². The monoisotopic (exact) mass is 506 g/mol. The molecule has 0 saturated heterocycles. The van der Waals surface area contributed by atoms with Gasteiger partial charge in [-0.2, -0.15) is 8.78 Å². The van der Waals surface area contributed by atoms with Gasteiger partial charge >= 0.3 is 6.61 Å². The van der Waals surface area contributed by atoms with E-state index in [-0.39, 0.29) is 30.2 Å². The molecule has 0 radical (unpaired) electrons. The second-order valence-corrected chi connectivity index (χ2v) is 8.64. The largest absolute Gasteiger partial charge is 0.493 e. The number of nitrogens with one attached hydrogen (secondary N) is 1. The first-order chi connectivity index (χ1) is 17.1. The lowest BCUT2D eigenvalue weighted by Crippen LogP contribution is -2.39. The lowest BCUT2D eigenvalue weighted by atomic mass is 10.1. The van der Waals surface area contributed by atoms with Gasteiger partial charge in [0.25, 0.3) is 0 Å². The fourth-order valence-corrected chi connectivity index (χ4v) is 3.90. The number of alkyl halides is 2. The molecule has 9 heteroatoms. The fraction of sp³-hybridized carbons (Fsp3) is 0.444. The fourth-order valence-electron chi connectivity index (χ4n) is 3.90. The summed E-state index contributed by atoms with van der Waals surface area (Å²) in [5, 5.41) is 2.85. The number of carbonyl (C=O) groups excluding carboxylic acids is 1. The zero-order valence-electron chi connectivity index (χ0n) is 21.9. The lowest BCUT2D eigenvalue weighted by molar-refractivity contribution is -0.116. The molecule has 2 rings (SSSR count). The van der Waals surface area contributed by atoms with Crippen LogP contribution < -0.4 is 24.3 Å². The first kappa shape index (κ1) is 28.9. The molecule has 0 aliphatic heterocycles. The minimum absolute atomic E-state index is 0.0452. The van der Waals surface area contributed by atoms with E-state index in [4.69, 9.17) is 14.2 Å². The maximum Gasteiger partial charge on any atom is 0.387 e. The van der Waals surface area contributed by atoms with Gasteiger partial charge in [-0.25, -0.2) is 0 Å². The lowest BCUT2D eigenvalue weighted by Gasteiger charge is -2.30. The Kier molecular flexibility index (Phi) is 11.0. The average molecular weight is 507 g/mol. The highest BCUT2D eigenvalue weighted by Crippen LogP contribution is 2.38. The second kappa shape index (κ2) is 13.7. The van der Waals surface area contributed by atoms with Gasteiger partial charge in [0.2, 0.25) is 11.7 Å². The highest BCUT2D eigenvalue weighted by atomic mass is 19.3. The van der Waals surface area contributed by atoms with Gasteiger partial charge in [-0.05, 0) is 63.1 Å². The van der Waals surface area contributed by atoms with E-state index >= 15 is 0 Å². The number of rotatable bonds is 13. The number of anilines is 1. The average Bonchev–Trinajstić information content (AvgIpc) is 2.82. The molecule has 198 valence electrons. The third-order valence-electron chi connectivity index (χ3n) is 5.59. The van der Waals surface area contributed by atoms with Crippen molar-refractivity contribution in [3.05, 3.63) is 41.5 Å². The number of carbonyl (C=O) groups is 1. The van der Waals surface area contributed by atoms with E-state index in [9.17, 15) is 13.6 Å². The Balaban J connectivity index is 2.33. The van der Waals surface area contributed by atoms with Crippen molar-refractivity contribution in [1.29, 1.82) is 0 Å². The first-order valence-corrected chi connectivity index (χ1v) is 11.7. The van der Waals surface area contributed by atoms with Crippen molar-refractivity contribution in [3.8, 4) is 23.0 Å². The molecular weight excluding hydrogens is 470 g/mol. The van der Waals surface area contributed by atoms with Crippen LogP contribution in [0.25, 0.3) is 12.2 Å². The van der Waals surface area contributed by atoms with Crippen LogP contribution in [0.2, 0.25) is 0 Å². The van der Waals surface area contributed by atoms with E-state index in [2.05, 4.69) is 42.6 Å². The van der Waals surface area contributed by atoms with Crippen molar-refractivity contribution >= 4 is 23.7 Å². The minimum Gasteiger partial charge on any atom is -0.493 e. The van der Waals surface area contributed by atoms with E-state index in [0.717, 1.165) is 5.56 Å². The number of methoxy groups -OCH3 is 3. The van der Waals surface area contributed by atoms with Crippen LogP contribution in [0, 0.1) is 0 Å². The SMILES string of the molecule is COc1cc(/C=C\c2ccc(OC(F)F)cc2NC(=O)CCN(C(C)C)C(C)C)cc(OC)c1OC. The van der Waals surface area contributed by atoms with E-state index in [1.165, 1.54) is 33.5 Å². The Morgan fingerprint density at radius 2 is 1.56 bits per heavy atom. The van der Waals surface area contributed by atoms with Crippen molar-refractivity contribution in [2.75, 3.05) is 33.2 Å². The summed E-state index contributed by atoms with van der Waals surface area (Å²) in [6.45, 7) is 5.92. The van der Waals surface area contributed by atoms with E-state index in [1.54, 1.807) is 30.4 Å². The van der Waals surface area contributed by atoms with Crippen LogP contribution in [0.1, 0.15) is 45.2 Å². The predicted octanol–water partition coefficient (Wildman–Crippen LogP) is 5.93. The number of ether oxygens (including phenoxy) is 4. The number of amides is 1. The van der Waals surface area contributed by atoms with Crippen molar-refractivity contribution in [1.82, 2.24) is 4.90 Å². The topological polar surface area (TPSA) is 69.3 Å². The highest BCUT2D eigenvalue weighted by molar-refractivity contribution is 5.94. The molecule has 7 nitrogen and oxygen atoms in total. The Morgan fingerprint density at radius 3 is 2.06 bits per heavy atom. The zero-order chi connectivity index (χ0) is 26.8. The van der Waals surface area contributed by atoms with Crippen molar-refractivity contribution in [2.45, 2.75) is 52.8 Å². The van der Waals surface area contributed by atoms with E-state index < -0.39 is 6.61 Å². The zero-order valence-corrected chi connectivity index (χ0v) is 21.9. The molecule has 0 unspecified atom stereocenters. The van der Waals surface area contributed by atoms with E-state index in [0.29, 0.717) is 35.0 Å². The Bertz CT molecular complexity index is 1010. The standard InChI is InChI=1S/C27H36F2N2O5/c1-17(2)31(18(3)4)13-12-25(32)30-22-16-21(36-27(28)29)11-10-20(22)9-8-19-14-23(33-5)26(35-7)24(15-19)34-6/h8-11,14-18,27H,12-13H2,1-7H3,(H,30,32)/b9-8-. The predicted molar refractivity (Wildman–Crippen MR) is 138 cm³/mol. The summed E-state index contributed by atoms with van der Waals surface area (Å²) in [5.74, 6) is 1.18. The molecule has 0 aromatic heterocycles. The quantitative estimate of drug-likeness (QED) is 0.340. The van der Waals surface area contributed by atoms with Gasteiger partial charge in [-0.3, -0.25) is 9.69 Å². The van der Waals surface area contributed by atoms with Gasteiger partial charge in [0.1, 0.15) is 5.75 Å². The number of benzene rings is 2. The molecular formula is C27H36F2N2O5. The molecule has 1 N–H and O–H groups in total. The highest BCUT2D eigenvalue weighted by Gasteiger charge is 2.16. The second-order valence-electron chi connectivity index (χ2n) is 8.64. The maximum atomic E-state index is 12.8. The third kappa shape index (κ3) is 8.12. The van der Waals surface area contributed by atoms with Crippen LogP contribution in [0.5, 0.6) is 23.0 Å². The van der Waals surface area contributed by atoms with Crippen molar-refractivity contribution < 1.29 is 32.5 Å². The third-order valence-corrected chi connectivity index (χ3v) is 5.59. The van der Waals surface area contributed by atoms with Crippen LogP contribution in [-0.2, 0) is 4.79 Å². The van der Waals surface area contributed by atoms with Gasteiger partial charge in [0, 0.05) is 31.1 Å². The molecule has 0 heterocycles. The molecule has 0 spiro atoms. The van der Waals surface area contributed by atoms with Crippen LogP contribution >= 0.6 is 0 Å². The molecule has 0 aliphatic rings. The number of nitrogens with zero attached hydrogens (tertiary/aromatic N) is 1. The Hall–Kier alpha value is -3.33. The molecule has 0 saturated carbocycles. The number of halogens is 2. The Morgan fingerprint density at radius 1 is 0.944 bits per heavy atom. The smallest absolute Gasteiger partial charge is 0.387 e. The van der Waals surface area contributed by atoms with Gasteiger partial charge in [-0.15, -0.1) is 0 Å². The van der Waals surface area contributed by atoms with Crippen LogP contribution in [0.3, 0.4) is 0 Å². The molecule has 2 aromatic carbocycles. The molecule has 0 bridgehead atoms. The summed E-state index contributed by atoms with van der Waals surface area (Å²) in [6.07, 6.45) is 3.81. The summed E-state index contributed by atoms with van der Waals surface area (Å²) < 4.78 is 46.2. The van der Waals surface area contributed by atoms with Crippen molar-refractivity contribution in [2.24, 2.45) is 0 Å². The van der Waals surface area contributed by atoms with Gasteiger partial charge in [0.05, 0.1) is 27.0 Å². The summed E-state index contributed by atoms with van der Waals surface area (Å²) in [5.41, 5.74) is 1.73. The molecule has 0 aliphatic carbocycles. The van der Waals surface area contributed by atoms with Crippen LogP contribution in [-0.4, -0.2) is 57.4 Å². The number of hydrogen-bond acceptors (Lipinski definition) is 6. The van der Waals surface area contributed by atoms with Gasteiger partial charge in [-0.1, -0.05) is 12.2 Å². The summed E-state index contributed by atoms with van der Waals surface area (Å²) in [6, 6.07) is 8.55. The summed E-state index contributed by atoms with van der Waals surface area (Å²) >= 11 is 0. The summed E-state index contributed by atoms with van der Waals surface area (Å²) in [4.78, 5) is 15.0. The van der Waals surface area contributed by atoms with Crippen molar-refractivity contribution in [3.63, 3.8) is 0 Å². The first-order valence-electron chi connectivity index (χ1n) is 11.7. The molecule has 0 atom stereocenters. The Labute approximate surface area is 212 Å². The normalized spacial score (nSPS) is 11.6. The van der Waals surface area contributed by atoms with E-state index in [1.807, 2.05) is 0 Å². The maximum absolute atomic E-state index is 12.8. The van der Waals surface area contributed by atoms with Gasteiger partial charge in [0.15, 0.2) is 11.5 Å². The molecule has 0 fully saturated rings.